The first-order valence-electron chi connectivity index (χ1n) is 6.06. The summed E-state index contributed by atoms with van der Waals surface area (Å²) < 4.78 is 5.97. The van der Waals surface area contributed by atoms with Crippen LogP contribution in [-0.2, 0) is 4.74 Å². The monoisotopic (exact) mass is 197 g/mol. The molecule has 0 amide bonds. The maximum Gasteiger partial charge on any atom is 0.0664 e. The van der Waals surface area contributed by atoms with E-state index in [1.807, 2.05) is 0 Å². The summed E-state index contributed by atoms with van der Waals surface area (Å²) >= 11 is 0. The van der Waals surface area contributed by atoms with Crippen molar-refractivity contribution < 1.29 is 4.74 Å². The summed E-state index contributed by atoms with van der Waals surface area (Å²) in [6, 6.07) is 0.409. The van der Waals surface area contributed by atoms with E-state index >= 15 is 0 Å². The van der Waals surface area contributed by atoms with Crippen molar-refractivity contribution >= 4 is 0 Å². The molecule has 2 unspecified atom stereocenters. The smallest absolute Gasteiger partial charge is 0.0664 e. The zero-order valence-corrected chi connectivity index (χ0v) is 9.46. The van der Waals surface area contributed by atoms with Crippen molar-refractivity contribution in [2.45, 2.75) is 70.6 Å². The van der Waals surface area contributed by atoms with Crippen LogP contribution in [-0.4, -0.2) is 18.2 Å². The molecular formula is C12H23NO. The van der Waals surface area contributed by atoms with Crippen LogP contribution in [0.1, 0.15) is 52.4 Å². The maximum absolute atomic E-state index is 6.17. The molecule has 1 spiro atoms. The maximum atomic E-state index is 6.17. The highest BCUT2D eigenvalue weighted by Gasteiger charge is 2.54. The molecule has 14 heavy (non-hydrogen) atoms. The summed E-state index contributed by atoms with van der Waals surface area (Å²) in [5.74, 6) is 0. The normalized spacial score (nSPS) is 36.0. The van der Waals surface area contributed by atoms with Crippen LogP contribution in [0.25, 0.3) is 0 Å². The van der Waals surface area contributed by atoms with Crippen LogP contribution < -0.4 is 5.73 Å². The van der Waals surface area contributed by atoms with Gasteiger partial charge in [0.2, 0.25) is 0 Å². The Morgan fingerprint density at radius 3 is 2.36 bits per heavy atom. The SMILES string of the molecule is CC(C)OC1CC(N)C12CCCCC2. The topological polar surface area (TPSA) is 35.2 Å². The van der Waals surface area contributed by atoms with Gasteiger partial charge in [-0.25, -0.2) is 0 Å². The van der Waals surface area contributed by atoms with Crippen LogP contribution in [0.2, 0.25) is 0 Å². The second kappa shape index (κ2) is 3.82. The standard InChI is InChI=1S/C12H23NO/c1-9(2)14-11-8-10(13)12(11)6-4-3-5-7-12/h9-11H,3-8,13H2,1-2H3. The molecule has 2 nitrogen and oxygen atoms in total. The molecule has 0 saturated heterocycles. The molecule has 2 aliphatic rings. The predicted molar refractivity (Wildman–Crippen MR) is 58.1 cm³/mol. The highest BCUT2D eigenvalue weighted by molar-refractivity contribution is 5.07. The Kier molecular flexibility index (Phi) is 2.85. The first-order chi connectivity index (χ1) is 6.65. The minimum Gasteiger partial charge on any atom is -0.375 e. The van der Waals surface area contributed by atoms with E-state index in [1.54, 1.807) is 0 Å². The second-order valence-electron chi connectivity index (χ2n) is 5.31. The zero-order chi connectivity index (χ0) is 10.2. The van der Waals surface area contributed by atoms with Crippen molar-refractivity contribution in [3.63, 3.8) is 0 Å². The zero-order valence-electron chi connectivity index (χ0n) is 9.46. The van der Waals surface area contributed by atoms with Crippen molar-refractivity contribution in [2.24, 2.45) is 11.1 Å². The van der Waals surface area contributed by atoms with Crippen LogP contribution in [0.15, 0.2) is 0 Å². The minimum absolute atomic E-state index is 0.353. The Bertz CT molecular complexity index is 196. The highest BCUT2D eigenvalue weighted by Crippen LogP contribution is 2.52. The van der Waals surface area contributed by atoms with Crippen molar-refractivity contribution in [1.29, 1.82) is 0 Å². The lowest BCUT2D eigenvalue weighted by molar-refractivity contribution is -0.161. The number of hydrogen-bond acceptors (Lipinski definition) is 2. The lowest BCUT2D eigenvalue weighted by atomic mass is 9.55. The summed E-state index contributed by atoms with van der Waals surface area (Å²) in [6.45, 7) is 4.25. The molecular weight excluding hydrogens is 174 g/mol. The van der Waals surface area contributed by atoms with Crippen LogP contribution >= 0.6 is 0 Å². The molecule has 2 aliphatic carbocycles. The predicted octanol–water partition coefficient (Wildman–Crippen LogP) is 2.46. The number of nitrogens with two attached hydrogens (primary N) is 1. The number of hydrogen-bond donors (Lipinski definition) is 1. The largest absolute Gasteiger partial charge is 0.375 e. The van der Waals surface area contributed by atoms with E-state index in [4.69, 9.17) is 10.5 Å². The van der Waals surface area contributed by atoms with E-state index in [1.165, 1.54) is 32.1 Å². The van der Waals surface area contributed by atoms with Gasteiger partial charge in [-0.3, -0.25) is 0 Å². The molecule has 2 N–H and O–H groups in total. The molecule has 82 valence electrons. The molecule has 2 heteroatoms. The summed E-state index contributed by atoms with van der Waals surface area (Å²) in [7, 11) is 0. The molecule has 0 aromatic heterocycles. The fourth-order valence-corrected chi connectivity index (χ4v) is 3.20. The van der Waals surface area contributed by atoms with Gasteiger partial charge in [0.05, 0.1) is 12.2 Å². The summed E-state index contributed by atoms with van der Waals surface area (Å²) in [4.78, 5) is 0. The van der Waals surface area contributed by atoms with Gasteiger partial charge in [0.1, 0.15) is 0 Å². The fraction of sp³-hybridized carbons (Fsp3) is 1.00. The van der Waals surface area contributed by atoms with Crippen molar-refractivity contribution in [1.82, 2.24) is 0 Å². The molecule has 2 rings (SSSR count). The molecule has 2 atom stereocenters. The third-order valence-corrected chi connectivity index (χ3v) is 4.07. The Morgan fingerprint density at radius 1 is 1.21 bits per heavy atom. The minimum atomic E-state index is 0.353. The van der Waals surface area contributed by atoms with Crippen molar-refractivity contribution in [3.8, 4) is 0 Å². The molecule has 2 fully saturated rings. The van der Waals surface area contributed by atoms with Gasteiger partial charge in [0.25, 0.3) is 0 Å². The van der Waals surface area contributed by atoms with Crippen LogP contribution in [0.5, 0.6) is 0 Å². The van der Waals surface area contributed by atoms with E-state index in [2.05, 4.69) is 13.8 Å². The summed E-state index contributed by atoms with van der Waals surface area (Å²) in [6.07, 6.45) is 8.58. The van der Waals surface area contributed by atoms with Gasteiger partial charge in [-0.15, -0.1) is 0 Å². The summed E-state index contributed by atoms with van der Waals surface area (Å²) in [5.41, 5.74) is 6.54. The lowest BCUT2D eigenvalue weighted by Gasteiger charge is -2.56. The average molecular weight is 197 g/mol. The van der Waals surface area contributed by atoms with Crippen LogP contribution in [0.3, 0.4) is 0 Å². The first-order valence-corrected chi connectivity index (χ1v) is 6.06. The summed E-state index contributed by atoms with van der Waals surface area (Å²) in [5, 5.41) is 0. The molecule has 0 aromatic carbocycles. The van der Waals surface area contributed by atoms with Gasteiger partial charge in [0, 0.05) is 11.5 Å². The molecule has 0 aliphatic heterocycles. The Morgan fingerprint density at radius 2 is 1.86 bits per heavy atom. The Hall–Kier alpha value is -0.0800. The van der Waals surface area contributed by atoms with Crippen LogP contribution in [0, 0.1) is 5.41 Å². The van der Waals surface area contributed by atoms with E-state index in [0.717, 1.165) is 6.42 Å². The van der Waals surface area contributed by atoms with E-state index in [9.17, 15) is 0 Å². The van der Waals surface area contributed by atoms with Gasteiger partial charge < -0.3 is 10.5 Å². The van der Waals surface area contributed by atoms with E-state index in [-0.39, 0.29) is 0 Å². The van der Waals surface area contributed by atoms with Crippen molar-refractivity contribution in [2.75, 3.05) is 0 Å². The first kappa shape index (κ1) is 10.4. The number of rotatable bonds is 2. The van der Waals surface area contributed by atoms with E-state index in [0.29, 0.717) is 23.7 Å². The van der Waals surface area contributed by atoms with E-state index < -0.39 is 0 Å². The molecule has 0 aromatic rings. The second-order valence-corrected chi connectivity index (χ2v) is 5.31. The third-order valence-electron chi connectivity index (χ3n) is 4.07. The van der Waals surface area contributed by atoms with Gasteiger partial charge in [-0.1, -0.05) is 19.3 Å². The Labute approximate surface area is 87.2 Å². The van der Waals surface area contributed by atoms with Crippen molar-refractivity contribution in [3.05, 3.63) is 0 Å². The average Bonchev–Trinajstić information content (AvgIpc) is 2.18. The van der Waals surface area contributed by atoms with Gasteiger partial charge in [-0.05, 0) is 33.1 Å². The lowest BCUT2D eigenvalue weighted by Crippen LogP contribution is -2.63. The van der Waals surface area contributed by atoms with Gasteiger partial charge in [-0.2, -0.15) is 0 Å². The highest BCUT2D eigenvalue weighted by atomic mass is 16.5. The fourth-order valence-electron chi connectivity index (χ4n) is 3.20. The van der Waals surface area contributed by atoms with Gasteiger partial charge >= 0.3 is 0 Å². The Balaban J connectivity index is 1.99. The molecule has 0 bridgehead atoms. The third kappa shape index (κ3) is 1.59. The molecule has 0 radical (unpaired) electrons. The quantitative estimate of drug-likeness (QED) is 0.738. The molecule has 0 heterocycles. The molecule has 2 saturated carbocycles. The van der Waals surface area contributed by atoms with Crippen LogP contribution in [0.4, 0.5) is 0 Å². The van der Waals surface area contributed by atoms with Gasteiger partial charge in [0.15, 0.2) is 0 Å². The number of ether oxygens (including phenoxy) is 1.